The summed E-state index contributed by atoms with van der Waals surface area (Å²) in [6, 6.07) is 11.5. The van der Waals surface area contributed by atoms with Gasteiger partial charge in [0.05, 0.1) is 0 Å². The van der Waals surface area contributed by atoms with Crippen molar-refractivity contribution in [2.24, 2.45) is 11.8 Å². The summed E-state index contributed by atoms with van der Waals surface area (Å²) in [6.07, 6.45) is 2.42. The van der Waals surface area contributed by atoms with Crippen LogP contribution in [0.1, 0.15) is 32.8 Å². The first kappa shape index (κ1) is 15.5. The Morgan fingerprint density at radius 1 is 1.20 bits per heavy atom. The molecule has 0 amide bonds. The Labute approximate surface area is 124 Å². The summed E-state index contributed by atoms with van der Waals surface area (Å²) in [4.78, 5) is 2.66. The van der Waals surface area contributed by atoms with Gasteiger partial charge in [0.25, 0.3) is 0 Å². The van der Waals surface area contributed by atoms with Crippen LogP contribution in [0.4, 0.5) is 0 Å². The van der Waals surface area contributed by atoms with Crippen molar-refractivity contribution in [1.82, 2.24) is 10.2 Å². The van der Waals surface area contributed by atoms with E-state index in [-0.39, 0.29) is 0 Å². The average molecular weight is 274 g/mol. The maximum atomic E-state index is 3.72. The fraction of sp³-hybridized carbons (Fsp3) is 0.667. The Morgan fingerprint density at radius 3 is 2.65 bits per heavy atom. The van der Waals surface area contributed by atoms with Crippen LogP contribution < -0.4 is 5.32 Å². The number of hydrogen-bond acceptors (Lipinski definition) is 2. The zero-order valence-electron chi connectivity index (χ0n) is 13.3. The van der Waals surface area contributed by atoms with Crippen molar-refractivity contribution in [3.05, 3.63) is 35.9 Å². The van der Waals surface area contributed by atoms with Crippen LogP contribution in [0, 0.1) is 11.8 Å². The van der Waals surface area contributed by atoms with E-state index in [0.29, 0.717) is 6.04 Å². The maximum absolute atomic E-state index is 3.72. The van der Waals surface area contributed by atoms with Gasteiger partial charge in [-0.2, -0.15) is 0 Å². The van der Waals surface area contributed by atoms with Crippen LogP contribution in [0.5, 0.6) is 0 Å². The van der Waals surface area contributed by atoms with E-state index in [1.165, 1.54) is 31.6 Å². The Balaban J connectivity index is 1.90. The Bertz CT molecular complexity index is 374. The third-order valence-electron chi connectivity index (χ3n) is 4.57. The van der Waals surface area contributed by atoms with Crippen LogP contribution in [0.25, 0.3) is 0 Å². The lowest BCUT2D eigenvalue weighted by Gasteiger charge is -2.28. The lowest BCUT2D eigenvalue weighted by atomic mass is 9.97. The minimum absolute atomic E-state index is 0.597. The molecule has 1 aromatic carbocycles. The van der Waals surface area contributed by atoms with E-state index in [2.05, 4.69) is 61.3 Å². The first-order valence-electron chi connectivity index (χ1n) is 8.15. The molecule has 1 aromatic rings. The molecule has 1 aliphatic heterocycles. The van der Waals surface area contributed by atoms with Crippen molar-refractivity contribution in [1.29, 1.82) is 0 Å². The quantitative estimate of drug-likeness (QED) is 0.887. The summed E-state index contributed by atoms with van der Waals surface area (Å²) in [5, 5.41) is 3.72. The Kier molecular flexibility index (Phi) is 6.06. The summed E-state index contributed by atoms with van der Waals surface area (Å²) >= 11 is 0. The second-order valence-electron chi connectivity index (χ2n) is 6.68. The molecule has 1 heterocycles. The molecule has 0 saturated carbocycles. The standard InChI is InChI=1S/C18H30N2/c1-15(2)16(3)13-20-11-7-10-19-18(14-20)12-17-8-5-4-6-9-17/h4-6,8-9,15-16,18-19H,7,10-14H2,1-3H3. The van der Waals surface area contributed by atoms with E-state index in [1.807, 2.05) is 0 Å². The molecule has 0 bridgehead atoms. The topological polar surface area (TPSA) is 15.3 Å². The molecule has 0 spiro atoms. The number of nitrogens with one attached hydrogen (secondary N) is 1. The first-order valence-corrected chi connectivity index (χ1v) is 8.15. The number of nitrogens with zero attached hydrogens (tertiary/aromatic N) is 1. The van der Waals surface area contributed by atoms with Crippen molar-refractivity contribution >= 4 is 0 Å². The van der Waals surface area contributed by atoms with Gasteiger partial charge in [-0.3, -0.25) is 0 Å². The molecule has 20 heavy (non-hydrogen) atoms. The van der Waals surface area contributed by atoms with Gasteiger partial charge in [0.2, 0.25) is 0 Å². The van der Waals surface area contributed by atoms with Crippen LogP contribution in [-0.2, 0) is 6.42 Å². The average Bonchev–Trinajstić information content (AvgIpc) is 2.65. The molecule has 2 unspecified atom stereocenters. The van der Waals surface area contributed by atoms with Gasteiger partial charge in [-0.25, -0.2) is 0 Å². The van der Waals surface area contributed by atoms with Gasteiger partial charge in [0, 0.05) is 19.1 Å². The molecule has 2 nitrogen and oxygen atoms in total. The van der Waals surface area contributed by atoms with E-state index in [4.69, 9.17) is 0 Å². The van der Waals surface area contributed by atoms with Gasteiger partial charge in [-0.1, -0.05) is 51.1 Å². The summed E-state index contributed by atoms with van der Waals surface area (Å²) < 4.78 is 0. The summed E-state index contributed by atoms with van der Waals surface area (Å²) in [7, 11) is 0. The van der Waals surface area contributed by atoms with Gasteiger partial charge in [-0.05, 0) is 43.3 Å². The molecule has 2 atom stereocenters. The summed E-state index contributed by atoms with van der Waals surface area (Å²) in [6.45, 7) is 11.9. The van der Waals surface area contributed by atoms with Crippen LogP contribution in [0.2, 0.25) is 0 Å². The van der Waals surface area contributed by atoms with Crippen molar-refractivity contribution in [2.75, 3.05) is 26.2 Å². The van der Waals surface area contributed by atoms with E-state index < -0.39 is 0 Å². The molecule has 1 fully saturated rings. The predicted molar refractivity (Wildman–Crippen MR) is 87.0 cm³/mol. The van der Waals surface area contributed by atoms with Crippen LogP contribution in [-0.4, -0.2) is 37.1 Å². The molecular weight excluding hydrogens is 244 g/mol. The second-order valence-corrected chi connectivity index (χ2v) is 6.68. The van der Waals surface area contributed by atoms with Crippen LogP contribution in [0.15, 0.2) is 30.3 Å². The molecule has 0 aliphatic carbocycles. The van der Waals surface area contributed by atoms with Gasteiger partial charge < -0.3 is 10.2 Å². The number of rotatable bonds is 5. The molecular formula is C18H30N2. The van der Waals surface area contributed by atoms with Crippen LogP contribution in [0.3, 0.4) is 0 Å². The monoisotopic (exact) mass is 274 g/mol. The van der Waals surface area contributed by atoms with Crippen molar-refractivity contribution < 1.29 is 0 Å². The molecule has 1 saturated heterocycles. The maximum Gasteiger partial charge on any atom is 0.0235 e. The lowest BCUT2D eigenvalue weighted by molar-refractivity contribution is 0.208. The normalized spacial score (nSPS) is 22.7. The van der Waals surface area contributed by atoms with E-state index in [0.717, 1.165) is 24.8 Å². The SMILES string of the molecule is CC(C)C(C)CN1CCCNC(Cc2ccccc2)C1. The molecule has 2 heteroatoms. The third-order valence-corrected chi connectivity index (χ3v) is 4.57. The van der Waals surface area contributed by atoms with Crippen molar-refractivity contribution in [2.45, 2.75) is 39.7 Å². The second kappa shape index (κ2) is 7.80. The number of hydrogen-bond donors (Lipinski definition) is 1. The fourth-order valence-electron chi connectivity index (χ4n) is 2.90. The lowest BCUT2D eigenvalue weighted by Crippen LogP contribution is -2.41. The summed E-state index contributed by atoms with van der Waals surface area (Å²) in [5.41, 5.74) is 1.45. The smallest absolute Gasteiger partial charge is 0.0235 e. The zero-order valence-corrected chi connectivity index (χ0v) is 13.3. The highest BCUT2D eigenvalue weighted by atomic mass is 15.2. The third kappa shape index (κ3) is 4.92. The van der Waals surface area contributed by atoms with Gasteiger partial charge in [-0.15, -0.1) is 0 Å². The van der Waals surface area contributed by atoms with Gasteiger partial charge in [0.15, 0.2) is 0 Å². The minimum atomic E-state index is 0.597. The molecule has 1 N–H and O–H groups in total. The fourth-order valence-corrected chi connectivity index (χ4v) is 2.90. The Hall–Kier alpha value is -0.860. The van der Waals surface area contributed by atoms with Crippen LogP contribution >= 0.6 is 0 Å². The molecule has 0 radical (unpaired) electrons. The van der Waals surface area contributed by atoms with Gasteiger partial charge >= 0.3 is 0 Å². The highest BCUT2D eigenvalue weighted by Crippen LogP contribution is 2.14. The highest BCUT2D eigenvalue weighted by Gasteiger charge is 2.20. The zero-order chi connectivity index (χ0) is 14.4. The van der Waals surface area contributed by atoms with Crippen molar-refractivity contribution in [3.8, 4) is 0 Å². The van der Waals surface area contributed by atoms with E-state index >= 15 is 0 Å². The van der Waals surface area contributed by atoms with E-state index in [9.17, 15) is 0 Å². The summed E-state index contributed by atoms with van der Waals surface area (Å²) in [5.74, 6) is 1.56. The minimum Gasteiger partial charge on any atom is -0.312 e. The molecule has 0 aromatic heterocycles. The van der Waals surface area contributed by atoms with Gasteiger partial charge in [0.1, 0.15) is 0 Å². The molecule has 2 rings (SSSR count). The highest BCUT2D eigenvalue weighted by molar-refractivity contribution is 5.16. The number of benzene rings is 1. The molecule has 1 aliphatic rings. The predicted octanol–water partition coefficient (Wildman–Crippen LogP) is 3.19. The molecule has 112 valence electrons. The largest absolute Gasteiger partial charge is 0.312 e. The van der Waals surface area contributed by atoms with Crippen molar-refractivity contribution in [3.63, 3.8) is 0 Å². The Morgan fingerprint density at radius 2 is 1.95 bits per heavy atom. The van der Waals surface area contributed by atoms with E-state index in [1.54, 1.807) is 0 Å². The first-order chi connectivity index (χ1) is 9.65.